The van der Waals surface area contributed by atoms with Crippen molar-refractivity contribution >= 4 is 22.3 Å². The highest BCUT2D eigenvalue weighted by Gasteiger charge is 2.34. The van der Waals surface area contributed by atoms with E-state index in [1.54, 1.807) is 19.2 Å². The highest BCUT2D eigenvalue weighted by molar-refractivity contribution is 5.99. The molecule has 3 aromatic carbocycles. The molecule has 9 nitrogen and oxygen atoms in total. The fourth-order valence-corrected chi connectivity index (χ4v) is 5.24. The number of fused-ring (bicyclic) bond motifs is 5. The molecule has 1 N–H and O–H groups in total. The summed E-state index contributed by atoms with van der Waals surface area (Å²) in [6.07, 6.45) is 0. The molecule has 5 aromatic rings. The molecule has 0 amide bonds. The smallest absolute Gasteiger partial charge is 0.331 e. The Hall–Kier alpha value is -4.92. The van der Waals surface area contributed by atoms with Crippen molar-refractivity contribution in [2.45, 2.75) is 13.0 Å². The van der Waals surface area contributed by atoms with Crippen LogP contribution in [-0.4, -0.2) is 18.6 Å². The second-order valence-corrected chi connectivity index (χ2v) is 9.31. The highest BCUT2D eigenvalue weighted by Crippen LogP contribution is 2.45. The third kappa shape index (κ3) is 3.24. The lowest BCUT2D eigenvalue weighted by Gasteiger charge is -2.31. The van der Waals surface area contributed by atoms with Gasteiger partial charge in [0.2, 0.25) is 0 Å². The molecule has 0 radical (unpaired) electrons. The molecule has 0 saturated heterocycles. The highest BCUT2D eigenvalue weighted by atomic mass is 16.6. The zero-order valence-corrected chi connectivity index (χ0v) is 20.4. The number of benzene rings is 3. The molecule has 0 spiro atoms. The van der Waals surface area contributed by atoms with E-state index in [1.807, 2.05) is 60.0 Å². The lowest BCUT2D eigenvalue weighted by molar-refractivity contribution is -0.384. The van der Waals surface area contributed by atoms with Crippen LogP contribution in [0.5, 0.6) is 0 Å². The first-order valence-corrected chi connectivity index (χ1v) is 11.8. The Labute approximate surface area is 211 Å². The zero-order valence-electron chi connectivity index (χ0n) is 20.4. The van der Waals surface area contributed by atoms with E-state index < -0.39 is 16.7 Å². The first-order chi connectivity index (χ1) is 17.8. The standard InChI is InChI=1S/C28H23N5O4/c1-16-8-10-18(11-9-16)24-22-25(30(2)28(35)31(3)27(22)34)26-23(17-12-14-19(15-13-17)33(36)37)29-20-6-4-5-7-21(20)32(24)26/h4-15,23,29H,1-3H3/t23-/m1/s1. The van der Waals surface area contributed by atoms with Gasteiger partial charge in [-0.15, -0.1) is 0 Å². The maximum absolute atomic E-state index is 13.7. The lowest BCUT2D eigenvalue weighted by atomic mass is 9.99. The van der Waals surface area contributed by atoms with Crippen molar-refractivity contribution in [2.75, 3.05) is 5.32 Å². The molecule has 6 rings (SSSR count). The molecule has 0 saturated carbocycles. The lowest BCUT2D eigenvalue weighted by Crippen LogP contribution is -2.37. The van der Waals surface area contributed by atoms with Gasteiger partial charge in [-0.3, -0.25) is 24.0 Å². The van der Waals surface area contributed by atoms with Crippen molar-refractivity contribution in [3.05, 3.63) is 121 Å². The van der Waals surface area contributed by atoms with Crippen molar-refractivity contribution < 1.29 is 4.92 Å². The number of aromatic nitrogens is 3. The van der Waals surface area contributed by atoms with Crippen LogP contribution in [-0.2, 0) is 14.1 Å². The van der Waals surface area contributed by atoms with E-state index in [4.69, 9.17) is 0 Å². The number of hydrogen-bond donors (Lipinski definition) is 1. The van der Waals surface area contributed by atoms with Crippen LogP contribution in [0.3, 0.4) is 0 Å². The van der Waals surface area contributed by atoms with E-state index >= 15 is 0 Å². The normalized spacial score (nSPS) is 14.2. The minimum absolute atomic E-state index is 0.0122. The first-order valence-electron chi connectivity index (χ1n) is 11.8. The minimum Gasteiger partial charge on any atom is -0.371 e. The van der Waals surface area contributed by atoms with E-state index in [-0.39, 0.29) is 11.2 Å². The second kappa shape index (κ2) is 8.06. The molecule has 9 heteroatoms. The summed E-state index contributed by atoms with van der Waals surface area (Å²) in [6.45, 7) is 2.00. The Morgan fingerprint density at radius 1 is 0.892 bits per heavy atom. The van der Waals surface area contributed by atoms with E-state index in [0.29, 0.717) is 16.6 Å². The van der Waals surface area contributed by atoms with Gasteiger partial charge < -0.3 is 9.88 Å². The molecule has 1 aliphatic heterocycles. The fraction of sp³-hybridized carbons (Fsp3) is 0.143. The first kappa shape index (κ1) is 22.5. The number of nitro benzene ring substituents is 1. The maximum Gasteiger partial charge on any atom is 0.331 e. The predicted molar refractivity (Wildman–Crippen MR) is 142 cm³/mol. The van der Waals surface area contributed by atoms with Crippen LogP contribution in [0.25, 0.3) is 27.8 Å². The molecule has 184 valence electrons. The number of para-hydroxylation sites is 2. The minimum atomic E-state index is -0.477. The van der Waals surface area contributed by atoms with Crippen molar-refractivity contribution in [3.8, 4) is 16.9 Å². The van der Waals surface area contributed by atoms with Crippen LogP contribution in [0.2, 0.25) is 0 Å². The molecule has 2 aromatic heterocycles. The van der Waals surface area contributed by atoms with Gasteiger partial charge in [-0.05, 0) is 42.3 Å². The summed E-state index contributed by atoms with van der Waals surface area (Å²) in [6, 6.07) is 21.6. The van der Waals surface area contributed by atoms with Gasteiger partial charge in [0, 0.05) is 26.2 Å². The van der Waals surface area contributed by atoms with Gasteiger partial charge in [-0.2, -0.15) is 0 Å². The third-order valence-corrected chi connectivity index (χ3v) is 7.09. The molecule has 0 bridgehead atoms. The average Bonchev–Trinajstić information content (AvgIpc) is 3.27. The summed E-state index contributed by atoms with van der Waals surface area (Å²) in [5, 5.41) is 15.3. The molecule has 0 fully saturated rings. The Bertz CT molecular complexity index is 1840. The SMILES string of the molecule is Cc1ccc(-c2c3c(=O)n(C)c(=O)n(C)c3c3n2-c2ccccc2N[C@@H]3c2ccc([N+](=O)[O-])cc2)cc1. The second-order valence-electron chi connectivity index (χ2n) is 9.31. The molecule has 0 unspecified atom stereocenters. The molecular formula is C28H23N5O4. The topological polar surface area (TPSA) is 104 Å². The Balaban J connectivity index is 1.80. The number of nitrogens with zero attached hydrogens (tertiary/aromatic N) is 4. The van der Waals surface area contributed by atoms with Gasteiger partial charge in [-0.25, -0.2) is 4.79 Å². The maximum atomic E-state index is 13.7. The van der Waals surface area contributed by atoms with Gasteiger partial charge in [0.25, 0.3) is 11.2 Å². The Morgan fingerprint density at radius 2 is 1.57 bits per heavy atom. The summed E-state index contributed by atoms with van der Waals surface area (Å²) in [5.41, 5.74) is 5.50. The van der Waals surface area contributed by atoms with Gasteiger partial charge in [-0.1, -0.05) is 42.0 Å². The van der Waals surface area contributed by atoms with Gasteiger partial charge >= 0.3 is 5.69 Å². The Kier molecular flexibility index (Phi) is 4.91. The number of nitrogens with one attached hydrogen (secondary N) is 1. The van der Waals surface area contributed by atoms with Crippen LogP contribution in [0.15, 0.2) is 82.4 Å². The largest absolute Gasteiger partial charge is 0.371 e. The summed E-state index contributed by atoms with van der Waals surface area (Å²) < 4.78 is 4.69. The quantitative estimate of drug-likeness (QED) is 0.296. The molecular weight excluding hydrogens is 470 g/mol. The number of aryl methyl sites for hydroxylation is 2. The summed E-state index contributed by atoms with van der Waals surface area (Å²) in [7, 11) is 3.15. The van der Waals surface area contributed by atoms with E-state index in [2.05, 4.69) is 5.32 Å². The van der Waals surface area contributed by atoms with E-state index in [9.17, 15) is 19.7 Å². The number of anilines is 1. The summed E-state index contributed by atoms with van der Waals surface area (Å²) in [5.74, 6) is 0. The predicted octanol–water partition coefficient (Wildman–Crippen LogP) is 4.43. The number of nitro groups is 1. The van der Waals surface area contributed by atoms with Gasteiger partial charge in [0.1, 0.15) is 0 Å². The van der Waals surface area contributed by atoms with Crippen molar-refractivity contribution in [2.24, 2.45) is 14.1 Å². The average molecular weight is 494 g/mol. The van der Waals surface area contributed by atoms with Crippen LogP contribution in [0.4, 0.5) is 11.4 Å². The van der Waals surface area contributed by atoms with E-state index in [1.165, 1.54) is 23.7 Å². The van der Waals surface area contributed by atoms with Gasteiger partial charge in [0.05, 0.1) is 44.6 Å². The molecule has 1 aliphatic rings. The van der Waals surface area contributed by atoms with Crippen molar-refractivity contribution in [1.29, 1.82) is 0 Å². The van der Waals surface area contributed by atoms with Crippen molar-refractivity contribution in [1.82, 2.24) is 13.7 Å². The Morgan fingerprint density at radius 3 is 2.24 bits per heavy atom. The van der Waals surface area contributed by atoms with Crippen molar-refractivity contribution in [3.63, 3.8) is 0 Å². The fourth-order valence-electron chi connectivity index (χ4n) is 5.24. The monoisotopic (exact) mass is 493 g/mol. The van der Waals surface area contributed by atoms with E-state index in [0.717, 1.165) is 38.3 Å². The van der Waals surface area contributed by atoms with Crippen LogP contribution < -0.4 is 16.6 Å². The van der Waals surface area contributed by atoms with Crippen LogP contribution in [0.1, 0.15) is 22.9 Å². The number of non-ortho nitro benzene ring substituents is 1. The van der Waals surface area contributed by atoms with Gasteiger partial charge in [0.15, 0.2) is 0 Å². The number of rotatable bonds is 3. The molecule has 1 atom stereocenters. The third-order valence-electron chi connectivity index (χ3n) is 7.09. The van der Waals surface area contributed by atoms with Crippen LogP contribution >= 0.6 is 0 Å². The number of hydrogen-bond acceptors (Lipinski definition) is 5. The van der Waals surface area contributed by atoms with Crippen LogP contribution in [0, 0.1) is 17.0 Å². The molecule has 3 heterocycles. The summed E-state index contributed by atoms with van der Waals surface area (Å²) in [4.78, 5) is 37.6. The molecule has 0 aliphatic carbocycles. The summed E-state index contributed by atoms with van der Waals surface area (Å²) >= 11 is 0. The molecule has 37 heavy (non-hydrogen) atoms. The zero-order chi connectivity index (χ0) is 26.0.